The Morgan fingerprint density at radius 1 is 1.30 bits per heavy atom. The van der Waals surface area contributed by atoms with Crippen LogP contribution in [0, 0.1) is 12.8 Å². The smallest absolute Gasteiger partial charge is 0.222 e. The number of carbonyl (C=O) groups excluding carboxylic acids is 2. The van der Waals surface area contributed by atoms with E-state index in [-0.39, 0.29) is 17.7 Å². The van der Waals surface area contributed by atoms with E-state index in [4.69, 9.17) is 0 Å². The highest BCUT2D eigenvalue weighted by atomic mass is 16.2. The van der Waals surface area contributed by atoms with Crippen molar-refractivity contribution in [2.24, 2.45) is 5.92 Å². The molecule has 0 radical (unpaired) electrons. The predicted molar refractivity (Wildman–Crippen MR) is 80.1 cm³/mol. The van der Waals surface area contributed by atoms with Crippen LogP contribution >= 0.6 is 0 Å². The van der Waals surface area contributed by atoms with Crippen molar-refractivity contribution < 1.29 is 9.59 Å². The monoisotopic (exact) mass is 276 g/mol. The van der Waals surface area contributed by atoms with Crippen LogP contribution in [0.4, 0.5) is 0 Å². The molecule has 1 aromatic rings. The summed E-state index contributed by atoms with van der Waals surface area (Å²) in [6.45, 7) is 8.89. The van der Waals surface area contributed by atoms with Crippen molar-refractivity contribution in [1.29, 1.82) is 0 Å². The minimum atomic E-state index is -0.0300. The lowest BCUT2D eigenvalue weighted by molar-refractivity contribution is -0.130. The Kier molecular flexibility index (Phi) is 6.22. The molecule has 0 aliphatic heterocycles. The molecule has 0 saturated carbocycles. The summed E-state index contributed by atoms with van der Waals surface area (Å²) in [5.74, 6) is 0.00640. The van der Waals surface area contributed by atoms with Gasteiger partial charge in [-0.1, -0.05) is 43.7 Å². The van der Waals surface area contributed by atoms with Crippen molar-refractivity contribution in [2.45, 2.75) is 34.2 Å². The number of aryl methyl sites for hydroxylation is 1. The normalized spacial score (nSPS) is 10.4. The van der Waals surface area contributed by atoms with Gasteiger partial charge in [0.2, 0.25) is 11.8 Å². The van der Waals surface area contributed by atoms with E-state index in [1.165, 1.54) is 5.56 Å². The second kappa shape index (κ2) is 7.68. The van der Waals surface area contributed by atoms with Gasteiger partial charge in [-0.3, -0.25) is 9.59 Å². The summed E-state index contributed by atoms with van der Waals surface area (Å²) >= 11 is 0. The molecule has 4 nitrogen and oxygen atoms in total. The van der Waals surface area contributed by atoms with Gasteiger partial charge in [0.15, 0.2) is 0 Å². The quantitative estimate of drug-likeness (QED) is 0.865. The number of nitrogens with zero attached hydrogens (tertiary/aromatic N) is 1. The molecule has 20 heavy (non-hydrogen) atoms. The number of carbonyl (C=O) groups is 2. The van der Waals surface area contributed by atoms with Gasteiger partial charge in [-0.15, -0.1) is 0 Å². The van der Waals surface area contributed by atoms with Crippen LogP contribution < -0.4 is 5.32 Å². The van der Waals surface area contributed by atoms with E-state index < -0.39 is 0 Å². The molecule has 2 amide bonds. The first kappa shape index (κ1) is 16.2. The Hall–Kier alpha value is -1.84. The number of amides is 2. The Balaban J connectivity index is 2.53. The second-order valence-electron chi connectivity index (χ2n) is 5.38. The third-order valence-corrected chi connectivity index (χ3v) is 3.11. The molecule has 1 N–H and O–H groups in total. The van der Waals surface area contributed by atoms with Gasteiger partial charge in [0.25, 0.3) is 0 Å². The largest absolute Gasteiger partial charge is 0.354 e. The molecule has 1 aromatic carbocycles. The van der Waals surface area contributed by atoms with Crippen LogP contribution in [-0.2, 0) is 16.1 Å². The summed E-state index contributed by atoms with van der Waals surface area (Å²) in [5.41, 5.74) is 2.29. The summed E-state index contributed by atoms with van der Waals surface area (Å²) in [7, 11) is 0. The average molecular weight is 276 g/mol. The zero-order valence-corrected chi connectivity index (χ0v) is 12.8. The number of hydrogen-bond acceptors (Lipinski definition) is 2. The zero-order valence-electron chi connectivity index (χ0n) is 12.8. The molecule has 0 fully saturated rings. The lowest BCUT2D eigenvalue weighted by Crippen LogP contribution is -2.38. The molecule has 110 valence electrons. The third-order valence-electron chi connectivity index (χ3n) is 3.11. The van der Waals surface area contributed by atoms with E-state index in [0.717, 1.165) is 5.56 Å². The van der Waals surface area contributed by atoms with Crippen LogP contribution in [0.2, 0.25) is 0 Å². The first-order chi connectivity index (χ1) is 9.40. The summed E-state index contributed by atoms with van der Waals surface area (Å²) in [4.78, 5) is 24.9. The third kappa shape index (κ3) is 5.43. The van der Waals surface area contributed by atoms with Crippen molar-refractivity contribution in [3.8, 4) is 0 Å². The molecular weight excluding hydrogens is 252 g/mol. The van der Waals surface area contributed by atoms with E-state index >= 15 is 0 Å². The molecule has 0 spiro atoms. The van der Waals surface area contributed by atoms with Gasteiger partial charge < -0.3 is 10.2 Å². The van der Waals surface area contributed by atoms with E-state index in [1.807, 2.05) is 39.0 Å². The highest BCUT2D eigenvalue weighted by molar-refractivity contribution is 5.78. The van der Waals surface area contributed by atoms with Crippen LogP contribution in [-0.4, -0.2) is 29.8 Å². The molecule has 0 aliphatic rings. The average Bonchev–Trinajstić information content (AvgIpc) is 2.37. The minimum absolute atomic E-state index is 0.0176. The topological polar surface area (TPSA) is 49.4 Å². The van der Waals surface area contributed by atoms with E-state index in [1.54, 1.807) is 11.8 Å². The summed E-state index contributed by atoms with van der Waals surface area (Å²) < 4.78 is 0. The fourth-order valence-electron chi connectivity index (χ4n) is 1.90. The Labute approximate surface area is 121 Å². The van der Waals surface area contributed by atoms with Crippen molar-refractivity contribution in [3.63, 3.8) is 0 Å². The van der Waals surface area contributed by atoms with Crippen LogP contribution in [0.3, 0.4) is 0 Å². The fraction of sp³-hybridized carbons (Fsp3) is 0.500. The molecule has 0 aliphatic carbocycles. The lowest BCUT2D eigenvalue weighted by atomic mass is 10.1. The van der Waals surface area contributed by atoms with E-state index in [2.05, 4.69) is 11.4 Å². The van der Waals surface area contributed by atoms with Crippen molar-refractivity contribution >= 4 is 11.8 Å². The molecule has 0 saturated heterocycles. The molecule has 0 atom stereocenters. The first-order valence-electron chi connectivity index (χ1n) is 6.99. The Bertz CT molecular complexity index is 469. The first-order valence-corrected chi connectivity index (χ1v) is 6.99. The molecule has 0 unspecified atom stereocenters. The number of hydrogen-bond donors (Lipinski definition) is 1. The van der Waals surface area contributed by atoms with E-state index in [0.29, 0.717) is 19.6 Å². The van der Waals surface area contributed by atoms with Gasteiger partial charge in [0, 0.05) is 32.5 Å². The van der Waals surface area contributed by atoms with Crippen molar-refractivity contribution in [2.75, 3.05) is 13.1 Å². The maximum atomic E-state index is 11.7. The number of rotatable bonds is 6. The molecule has 0 bridgehead atoms. The lowest BCUT2D eigenvalue weighted by Gasteiger charge is -2.22. The fourth-order valence-corrected chi connectivity index (χ4v) is 1.90. The van der Waals surface area contributed by atoms with Gasteiger partial charge in [0.05, 0.1) is 0 Å². The number of nitrogens with one attached hydrogen (secondary N) is 1. The van der Waals surface area contributed by atoms with Crippen molar-refractivity contribution in [3.05, 3.63) is 35.4 Å². The zero-order chi connectivity index (χ0) is 15.1. The molecular formula is C16H24N2O2. The van der Waals surface area contributed by atoms with Gasteiger partial charge in [-0.2, -0.15) is 0 Å². The number of benzene rings is 1. The van der Waals surface area contributed by atoms with Gasteiger partial charge in [-0.05, 0) is 12.5 Å². The standard InChI is InChI=1S/C16H24N2O2/c1-12(2)16(20)17-8-9-18(14(4)19)11-15-7-5-6-13(3)10-15/h5-7,10,12H,8-9,11H2,1-4H3,(H,17,20). The molecule has 4 heteroatoms. The van der Waals surface area contributed by atoms with E-state index in [9.17, 15) is 9.59 Å². The van der Waals surface area contributed by atoms with Crippen LogP contribution in [0.15, 0.2) is 24.3 Å². The Morgan fingerprint density at radius 2 is 2.00 bits per heavy atom. The van der Waals surface area contributed by atoms with Crippen LogP contribution in [0.1, 0.15) is 31.9 Å². The maximum Gasteiger partial charge on any atom is 0.222 e. The van der Waals surface area contributed by atoms with Crippen LogP contribution in [0.25, 0.3) is 0 Å². The van der Waals surface area contributed by atoms with Gasteiger partial charge in [0.1, 0.15) is 0 Å². The Morgan fingerprint density at radius 3 is 2.55 bits per heavy atom. The SMILES string of the molecule is CC(=O)N(CCNC(=O)C(C)C)Cc1cccc(C)c1. The summed E-state index contributed by atoms with van der Waals surface area (Å²) in [5, 5.41) is 2.83. The molecule has 0 aromatic heterocycles. The molecule has 1 rings (SSSR count). The van der Waals surface area contributed by atoms with Crippen molar-refractivity contribution in [1.82, 2.24) is 10.2 Å². The maximum absolute atomic E-state index is 11.7. The second-order valence-corrected chi connectivity index (χ2v) is 5.38. The molecule has 0 heterocycles. The summed E-state index contributed by atoms with van der Waals surface area (Å²) in [6, 6.07) is 8.10. The van der Waals surface area contributed by atoms with Gasteiger partial charge >= 0.3 is 0 Å². The highest BCUT2D eigenvalue weighted by Gasteiger charge is 2.11. The predicted octanol–water partition coefficient (Wildman–Crippen LogP) is 2.12. The summed E-state index contributed by atoms with van der Waals surface area (Å²) in [6.07, 6.45) is 0. The minimum Gasteiger partial charge on any atom is -0.354 e. The van der Waals surface area contributed by atoms with Gasteiger partial charge in [-0.25, -0.2) is 0 Å². The van der Waals surface area contributed by atoms with Crippen LogP contribution in [0.5, 0.6) is 0 Å². The highest BCUT2D eigenvalue weighted by Crippen LogP contribution is 2.07.